The minimum absolute atomic E-state index is 0.215. The summed E-state index contributed by atoms with van der Waals surface area (Å²) in [5.74, 6) is 2.39. The van der Waals surface area contributed by atoms with Gasteiger partial charge in [0.25, 0.3) is 0 Å². The van der Waals surface area contributed by atoms with Crippen molar-refractivity contribution in [2.45, 2.75) is 6.54 Å². The molecule has 0 amide bonds. The van der Waals surface area contributed by atoms with E-state index in [0.717, 1.165) is 11.4 Å². The number of rotatable bonds is 7. The highest BCUT2D eigenvalue weighted by molar-refractivity contribution is 5.68. The maximum Gasteiger partial charge on any atom is 0.166 e. The third kappa shape index (κ3) is 4.20. The van der Waals surface area contributed by atoms with Gasteiger partial charge in [-0.25, -0.2) is 29.0 Å². The first-order valence-corrected chi connectivity index (χ1v) is 10.5. The molecule has 0 fully saturated rings. The number of hydrogen-bond acceptors (Lipinski definition) is 7. The molecule has 10 heteroatoms. The molecule has 4 aromatic heterocycles. The molecule has 0 aliphatic rings. The molecular formula is C24H21FN8O. The number of benzene rings is 1. The molecule has 0 saturated heterocycles. The van der Waals surface area contributed by atoms with Crippen molar-refractivity contribution < 1.29 is 9.13 Å². The molecule has 1 N–H and O–H groups in total. The van der Waals surface area contributed by atoms with Crippen LogP contribution in [-0.4, -0.2) is 41.4 Å². The predicted molar refractivity (Wildman–Crippen MR) is 125 cm³/mol. The lowest BCUT2D eigenvalue weighted by atomic mass is 10.1. The Morgan fingerprint density at radius 1 is 1.03 bits per heavy atom. The molecule has 9 nitrogen and oxygen atoms in total. The van der Waals surface area contributed by atoms with Crippen LogP contribution in [0.1, 0.15) is 5.82 Å². The highest BCUT2D eigenvalue weighted by atomic mass is 19.1. The van der Waals surface area contributed by atoms with Gasteiger partial charge in [-0.2, -0.15) is 5.10 Å². The normalized spacial score (nSPS) is 10.9. The van der Waals surface area contributed by atoms with Crippen LogP contribution >= 0.6 is 0 Å². The smallest absolute Gasteiger partial charge is 0.166 e. The summed E-state index contributed by atoms with van der Waals surface area (Å²) in [6.45, 7) is 0.549. The van der Waals surface area contributed by atoms with Gasteiger partial charge in [0, 0.05) is 37.4 Å². The van der Waals surface area contributed by atoms with Gasteiger partial charge in [0.05, 0.1) is 31.1 Å². The van der Waals surface area contributed by atoms with Crippen molar-refractivity contribution in [3.8, 4) is 34.2 Å². The number of hydrogen-bond donors (Lipinski definition) is 1. The molecule has 0 bridgehead atoms. The number of pyridine rings is 1. The molecule has 5 aromatic rings. The number of anilines is 1. The van der Waals surface area contributed by atoms with Gasteiger partial charge in [0.15, 0.2) is 11.6 Å². The molecule has 0 atom stereocenters. The van der Waals surface area contributed by atoms with Gasteiger partial charge in [0.1, 0.15) is 23.2 Å². The second-order valence-corrected chi connectivity index (χ2v) is 7.45. The summed E-state index contributed by atoms with van der Waals surface area (Å²) in [7, 11) is 3.43. The quantitative estimate of drug-likeness (QED) is 0.397. The van der Waals surface area contributed by atoms with Crippen LogP contribution in [-0.2, 0) is 13.6 Å². The molecular weight excluding hydrogens is 435 g/mol. The van der Waals surface area contributed by atoms with Gasteiger partial charge in [-0.15, -0.1) is 0 Å². The van der Waals surface area contributed by atoms with Crippen molar-refractivity contribution in [2.24, 2.45) is 7.05 Å². The summed E-state index contributed by atoms with van der Waals surface area (Å²) in [5.41, 5.74) is 1.56. The Hall–Kier alpha value is -4.60. The Balaban J connectivity index is 1.40. The minimum atomic E-state index is -0.453. The summed E-state index contributed by atoms with van der Waals surface area (Å²) in [5, 5.41) is 7.71. The van der Waals surface area contributed by atoms with Gasteiger partial charge in [0.2, 0.25) is 0 Å². The number of nitrogens with zero attached hydrogens (tertiary/aromatic N) is 7. The van der Waals surface area contributed by atoms with Crippen LogP contribution in [0.4, 0.5) is 10.2 Å². The number of nitrogens with one attached hydrogen (secondary N) is 1. The van der Waals surface area contributed by atoms with E-state index in [9.17, 15) is 4.39 Å². The summed E-state index contributed by atoms with van der Waals surface area (Å²) in [6.07, 6.45) is 8.73. The second kappa shape index (κ2) is 9.10. The van der Waals surface area contributed by atoms with Gasteiger partial charge in [-0.05, 0) is 30.3 Å². The zero-order valence-electron chi connectivity index (χ0n) is 18.6. The van der Waals surface area contributed by atoms with E-state index < -0.39 is 5.82 Å². The summed E-state index contributed by atoms with van der Waals surface area (Å²) < 4.78 is 23.4. The molecule has 170 valence electrons. The maximum absolute atomic E-state index is 14.5. The Morgan fingerprint density at radius 2 is 1.91 bits per heavy atom. The molecule has 0 spiro atoms. The SMILES string of the molecule is COc1cccc(F)c1-c1nccc(-c2cnn(-c3cccc(NCc4nccn4C)n3)c2)n1. The predicted octanol–water partition coefficient (Wildman–Crippen LogP) is 3.88. The molecule has 0 saturated carbocycles. The van der Waals surface area contributed by atoms with Crippen molar-refractivity contribution in [2.75, 3.05) is 12.4 Å². The lowest BCUT2D eigenvalue weighted by molar-refractivity contribution is 0.413. The van der Waals surface area contributed by atoms with Crippen molar-refractivity contribution in [3.05, 3.63) is 85.1 Å². The topological polar surface area (TPSA) is 95.6 Å². The Labute approximate surface area is 194 Å². The Bertz CT molecular complexity index is 1440. The zero-order chi connectivity index (χ0) is 23.5. The van der Waals surface area contributed by atoms with Crippen LogP contribution in [0.15, 0.2) is 73.4 Å². The van der Waals surface area contributed by atoms with E-state index in [1.165, 1.54) is 13.2 Å². The van der Waals surface area contributed by atoms with Gasteiger partial charge in [-0.3, -0.25) is 0 Å². The number of methoxy groups -OCH3 is 1. The first-order valence-electron chi connectivity index (χ1n) is 10.5. The maximum atomic E-state index is 14.5. The molecule has 34 heavy (non-hydrogen) atoms. The van der Waals surface area contributed by atoms with E-state index in [4.69, 9.17) is 4.74 Å². The van der Waals surface area contributed by atoms with Crippen molar-refractivity contribution in [1.29, 1.82) is 0 Å². The fourth-order valence-electron chi connectivity index (χ4n) is 3.50. The van der Waals surface area contributed by atoms with Gasteiger partial charge < -0.3 is 14.6 Å². The lowest BCUT2D eigenvalue weighted by Crippen LogP contribution is -2.08. The van der Waals surface area contributed by atoms with Crippen LogP contribution in [0.3, 0.4) is 0 Å². The van der Waals surface area contributed by atoms with Crippen LogP contribution in [0.25, 0.3) is 28.5 Å². The second-order valence-electron chi connectivity index (χ2n) is 7.45. The minimum Gasteiger partial charge on any atom is -0.496 e. The number of ether oxygens (including phenoxy) is 1. The largest absolute Gasteiger partial charge is 0.496 e. The van der Waals surface area contributed by atoms with Crippen LogP contribution in [0.5, 0.6) is 5.75 Å². The molecule has 0 aliphatic heterocycles. The average molecular weight is 456 g/mol. The average Bonchev–Trinajstić information content (AvgIpc) is 3.52. The van der Waals surface area contributed by atoms with Crippen molar-refractivity contribution in [3.63, 3.8) is 0 Å². The van der Waals surface area contributed by atoms with Crippen LogP contribution in [0.2, 0.25) is 0 Å². The molecule has 4 heterocycles. The van der Waals surface area contributed by atoms with E-state index >= 15 is 0 Å². The van der Waals surface area contributed by atoms with E-state index in [1.807, 2.05) is 42.2 Å². The lowest BCUT2D eigenvalue weighted by Gasteiger charge is -2.09. The summed E-state index contributed by atoms with van der Waals surface area (Å²) >= 11 is 0. The standard InChI is InChI=1S/C24H21FN8O/c1-32-12-11-26-22(32)14-28-20-7-4-8-21(31-20)33-15-16(13-29-33)18-9-10-27-24(30-18)23-17(25)5-3-6-19(23)34-2/h3-13,15H,14H2,1-2H3,(H,28,31). The molecule has 5 rings (SSSR count). The zero-order valence-corrected chi connectivity index (χ0v) is 18.6. The van der Waals surface area contributed by atoms with Crippen molar-refractivity contribution >= 4 is 5.82 Å². The fourth-order valence-corrected chi connectivity index (χ4v) is 3.50. The van der Waals surface area contributed by atoms with Gasteiger partial charge in [-0.1, -0.05) is 12.1 Å². The summed E-state index contributed by atoms with van der Waals surface area (Å²) in [6, 6.07) is 12.0. The number of halogens is 1. The van der Waals surface area contributed by atoms with E-state index in [0.29, 0.717) is 29.6 Å². The third-order valence-corrected chi connectivity index (χ3v) is 5.27. The highest BCUT2D eigenvalue weighted by Gasteiger charge is 2.16. The molecule has 0 aliphatic carbocycles. The van der Waals surface area contributed by atoms with Crippen LogP contribution < -0.4 is 10.1 Å². The third-order valence-electron chi connectivity index (χ3n) is 5.27. The number of imidazole rings is 1. The first kappa shape index (κ1) is 21.3. The summed E-state index contributed by atoms with van der Waals surface area (Å²) in [4.78, 5) is 17.7. The Kier molecular flexibility index (Phi) is 5.69. The molecule has 0 unspecified atom stereocenters. The van der Waals surface area contributed by atoms with E-state index in [1.54, 1.807) is 41.5 Å². The van der Waals surface area contributed by atoms with Crippen LogP contribution in [0, 0.1) is 5.82 Å². The van der Waals surface area contributed by atoms with Gasteiger partial charge >= 0.3 is 0 Å². The number of aromatic nitrogens is 7. The highest BCUT2D eigenvalue weighted by Crippen LogP contribution is 2.31. The van der Waals surface area contributed by atoms with Crippen molar-refractivity contribution in [1.82, 2.24) is 34.3 Å². The van der Waals surface area contributed by atoms with E-state index in [2.05, 4.69) is 30.4 Å². The van der Waals surface area contributed by atoms with E-state index in [-0.39, 0.29) is 11.4 Å². The molecule has 1 aromatic carbocycles. The molecule has 0 radical (unpaired) electrons. The number of aryl methyl sites for hydroxylation is 1. The monoisotopic (exact) mass is 456 g/mol. The fraction of sp³-hybridized carbons (Fsp3) is 0.125. The first-order chi connectivity index (χ1) is 16.6. The Morgan fingerprint density at radius 3 is 2.74 bits per heavy atom.